The molecule has 1 aliphatic rings. The number of rotatable bonds is 8. The number of H-pyrrole nitrogens is 1. The number of benzene rings is 1. The van der Waals surface area contributed by atoms with E-state index in [4.69, 9.17) is 9.47 Å². The Labute approximate surface area is 226 Å². The Morgan fingerprint density at radius 3 is 2.66 bits per heavy atom. The molecule has 38 heavy (non-hydrogen) atoms. The number of ether oxygens (including phenoxy) is 2. The van der Waals surface area contributed by atoms with Gasteiger partial charge in [0, 0.05) is 39.7 Å². The number of imidazole rings is 1. The number of pyridine rings is 1. The van der Waals surface area contributed by atoms with Crippen LogP contribution < -0.4 is 0 Å². The van der Waals surface area contributed by atoms with Crippen molar-refractivity contribution in [3.8, 4) is 11.3 Å². The zero-order valence-electron chi connectivity index (χ0n) is 19.3. The number of aromatic nitrogens is 6. The highest BCUT2D eigenvalue weighted by atomic mass is 79.9. The Balaban J connectivity index is 1.51. The minimum Gasteiger partial charge on any atom is -0.394 e. The van der Waals surface area contributed by atoms with Crippen LogP contribution in [0.5, 0.6) is 0 Å². The monoisotopic (exact) mass is 612 g/mol. The third-order valence-corrected chi connectivity index (χ3v) is 7.36. The Kier molecular flexibility index (Phi) is 8.11. The fourth-order valence-corrected chi connectivity index (χ4v) is 5.71. The number of hydrogen-bond acceptors (Lipinski definition) is 9. The standard InChI is InChI=1S/C23H20BrF3N6O4S/c24-12-5-13(7-28-6-12)38-23-22(36-10-18-29-1-2-30-18)20(21(35)17(9-34)37-23)33-8-16(31-32-33)11-3-14(25)19(27)15(26)4-11/h1-8,17,20-23,34-35H,9-10H2,(H,29,30)/t17?,20-,21-,22?,23+/m0/s1. The minimum absolute atomic E-state index is 0.0256. The quantitative estimate of drug-likeness (QED) is 0.257. The lowest BCUT2D eigenvalue weighted by Gasteiger charge is -2.43. The predicted molar refractivity (Wildman–Crippen MR) is 131 cm³/mol. The average Bonchev–Trinajstić information content (AvgIpc) is 3.59. The maximum Gasteiger partial charge on any atom is 0.194 e. The molecule has 3 N–H and O–H groups in total. The van der Waals surface area contributed by atoms with E-state index in [0.717, 1.165) is 21.5 Å². The van der Waals surface area contributed by atoms with Crippen LogP contribution in [0, 0.1) is 17.5 Å². The van der Waals surface area contributed by atoms with Crippen molar-refractivity contribution >= 4 is 27.7 Å². The normalized spacial score (nSPS) is 23.6. The highest BCUT2D eigenvalue weighted by Crippen LogP contribution is 2.40. The molecule has 1 saturated heterocycles. The molecule has 0 amide bonds. The summed E-state index contributed by atoms with van der Waals surface area (Å²) in [6.07, 6.45) is 4.59. The van der Waals surface area contributed by atoms with Gasteiger partial charge in [-0.05, 0) is 34.1 Å². The van der Waals surface area contributed by atoms with E-state index >= 15 is 0 Å². The Morgan fingerprint density at radius 1 is 1.18 bits per heavy atom. The van der Waals surface area contributed by atoms with Gasteiger partial charge in [0.2, 0.25) is 0 Å². The smallest absolute Gasteiger partial charge is 0.194 e. The summed E-state index contributed by atoms with van der Waals surface area (Å²) in [4.78, 5) is 12.0. The van der Waals surface area contributed by atoms with Gasteiger partial charge in [0.05, 0.1) is 12.8 Å². The number of thioether (sulfide) groups is 1. The van der Waals surface area contributed by atoms with Crippen molar-refractivity contribution in [2.75, 3.05) is 6.61 Å². The number of aliphatic hydroxyl groups excluding tert-OH is 2. The second kappa shape index (κ2) is 11.5. The molecule has 0 radical (unpaired) electrons. The molecule has 0 saturated carbocycles. The molecule has 4 aromatic rings. The van der Waals surface area contributed by atoms with Crippen LogP contribution in [0.1, 0.15) is 11.9 Å². The highest BCUT2D eigenvalue weighted by Gasteiger charge is 2.48. The summed E-state index contributed by atoms with van der Waals surface area (Å²) in [5, 5.41) is 29.2. The minimum atomic E-state index is -1.60. The lowest BCUT2D eigenvalue weighted by atomic mass is 9.97. The van der Waals surface area contributed by atoms with Gasteiger partial charge < -0.3 is 24.7 Å². The van der Waals surface area contributed by atoms with Gasteiger partial charge in [-0.3, -0.25) is 4.98 Å². The van der Waals surface area contributed by atoms with Gasteiger partial charge in [0.15, 0.2) is 17.5 Å². The summed E-state index contributed by atoms with van der Waals surface area (Å²) >= 11 is 4.64. The van der Waals surface area contributed by atoms with E-state index in [-0.39, 0.29) is 17.9 Å². The topological polar surface area (TPSA) is 131 Å². The third-order valence-electron chi connectivity index (χ3n) is 5.82. The average molecular weight is 613 g/mol. The second-order valence-electron chi connectivity index (χ2n) is 8.31. The van der Waals surface area contributed by atoms with Gasteiger partial charge in [-0.15, -0.1) is 5.10 Å². The van der Waals surface area contributed by atoms with Crippen LogP contribution in [0.3, 0.4) is 0 Å². The van der Waals surface area contributed by atoms with Gasteiger partial charge in [-0.2, -0.15) is 0 Å². The van der Waals surface area contributed by atoms with Gasteiger partial charge >= 0.3 is 0 Å². The van der Waals surface area contributed by atoms with Crippen molar-refractivity contribution in [1.29, 1.82) is 0 Å². The second-order valence-corrected chi connectivity index (χ2v) is 10.4. The molecule has 200 valence electrons. The van der Waals surface area contributed by atoms with E-state index in [0.29, 0.717) is 5.82 Å². The first-order valence-corrected chi connectivity index (χ1v) is 12.9. The summed E-state index contributed by atoms with van der Waals surface area (Å²) in [7, 11) is 0. The highest BCUT2D eigenvalue weighted by molar-refractivity contribution is 9.10. The number of hydrogen-bond donors (Lipinski definition) is 3. The lowest BCUT2D eigenvalue weighted by molar-refractivity contribution is -0.196. The molecule has 15 heteroatoms. The van der Waals surface area contributed by atoms with E-state index in [1.807, 2.05) is 6.07 Å². The molecule has 10 nitrogen and oxygen atoms in total. The van der Waals surface area contributed by atoms with Crippen molar-refractivity contribution in [3.63, 3.8) is 0 Å². The molecule has 5 rings (SSSR count). The van der Waals surface area contributed by atoms with Crippen LogP contribution in [-0.2, 0) is 16.1 Å². The molecule has 2 unspecified atom stereocenters. The lowest BCUT2D eigenvalue weighted by Crippen LogP contribution is -2.55. The summed E-state index contributed by atoms with van der Waals surface area (Å²) < 4.78 is 55.3. The van der Waals surface area contributed by atoms with E-state index in [1.54, 1.807) is 24.8 Å². The van der Waals surface area contributed by atoms with E-state index < -0.39 is 53.8 Å². The summed E-state index contributed by atoms with van der Waals surface area (Å²) in [5.74, 6) is -3.83. The molecule has 1 aliphatic heterocycles. The molecule has 0 aliphatic carbocycles. The van der Waals surface area contributed by atoms with Crippen molar-refractivity contribution in [1.82, 2.24) is 29.9 Å². The fourth-order valence-electron chi connectivity index (χ4n) is 4.04. The van der Waals surface area contributed by atoms with Crippen LogP contribution in [0.2, 0.25) is 0 Å². The molecule has 0 bridgehead atoms. The SMILES string of the molecule is OCC1O[C@H](Sc2cncc(Br)c2)C(OCc2ncc[nH]2)[C@@H](n2cc(-c3cc(F)c(F)c(F)c3)nn2)[C@H]1O. The van der Waals surface area contributed by atoms with Crippen molar-refractivity contribution in [2.45, 2.75) is 41.3 Å². The van der Waals surface area contributed by atoms with Gasteiger partial charge in [-0.1, -0.05) is 17.0 Å². The van der Waals surface area contributed by atoms with E-state index in [1.165, 1.54) is 22.6 Å². The largest absolute Gasteiger partial charge is 0.394 e. The molecular weight excluding hydrogens is 593 g/mol. The first-order valence-electron chi connectivity index (χ1n) is 11.2. The number of aromatic amines is 1. The van der Waals surface area contributed by atoms with Crippen molar-refractivity contribution in [3.05, 3.63) is 76.9 Å². The number of nitrogens with zero attached hydrogens (tertiary/aromatic N) is 5. The molecule has 1 aromatic carbocycles. The van der Waals surface area contributed by atoms with Crippen LogP contribution in [-0.4, -0.2) is 70.5 Å². The van der Waals surface area contributed by atoms with E-state index in [9.17, 15) is 23.4 Å². The predicted octanol–water partition coefficient (Wildman–Crippen LogP) is 3.24. The van der Waals surface area contributed by atoms with Crippen molar-refractivity contribution in [2.24, 2.45) is 0 Å². The van der Waals surface area contributed by atoms with Gasteiger partial charge in [-0.25, -0.2) is 22.8 Å². The number of halogens is 4. The summed E-state index contributed by atoms with van der Waals surface area (Å²) in [6, 6.07) is 2.47. The Morgan fingerprint density at radius 2 is 1.97 bits per heavy atom. The van der Waals surface area contributed by atoms with E-state index in [2.05, 4.69) is 41.2 Å². The molecule has 1 fully saturated rings. The molecular formula is C23H20BrF3N6O4S. The zero-order chi connectivity index (χ0) is 26.8. The third kappa shape index (κ3) is 5.62. The number of nitrogens with one attached hydrogen (secondary N) is 1. The Bertz CT molecular complexity index is 1370. The molecule has 4 heterocycles. The van der Waals surface area contributed by atoms with Crippen LogP contribution in [0.15, 0.2) is 58.6 Å². The molecule has 3 aromatic heterocycles. The number of aliphatic hydroxyl groups is 2. The summed E-state index contributed by atoms with van der Waals surface area (Å²) in [6.45, 7) is -0.482. The van der Waals surface area contributed by atoms with Gasteiger partial charge in [0.25, 0.3) is 0 Å². The zero-order valence-corrected chi connectivity index (χ0v) is 21.7. The van der Waals surface area contributed by atoms with Gasteiger partial charge in [0.1, 0.15) is 47.9 Å². The summed E-state index contributed by atoms with van der Waals surface area (Å²) in [5.41, 5.74) is -0.778. The first-order chi connectivity index (χ1) is 18.3. The molecule has 5 atom stereocenters. The van der Waals surface area contributed by atoms with Crippen LogP contribution >= 0.6 is 27.7 Å². The molecule has 0 spiro atoms. The van der Waals surface area contributed by atoms with Crippen LogP contribution in [0.25, 0.3) is 11.3 Å². The maximum absolute atomic E-state index is 13.8. The fraction of sp³-hybridized carbons (Fsp3) is 0.304. The first kappa shape index (κ1) is 26.8. The van der Waals surface area contributed by atoms with Crippen LogP contribution in [0.4, 0.5) is 13.2 Å². The maximum atomic E-state index is 13.8. The Hall–Kier alpha value is -2.82. The van der Waals surface area contributed by atoms with Crippen molar-refractivity contribution < 1.29 is 32.9 Å².